The Morgan fingerprint density at radius 2 is 2.33 bits per heavy atom. The molecule has 0 aromatic rings. The number of allylic oxidation sites excluding steroid dienone is 2. The van der Waals surface area contributed by atoms with E-state index in [1.165, 1.54) is 11.1 Å². The van der Waals surface area contributed by atoms with Crippen LogP contribution in [0.3, 0.4) is 0 Å². The van der Waals surface area contributed by atoms with E-state index in [2.05, 4.69) is 12.8 Å². The fourth-order valence-corrected chi connectivity index (χ4v) is 0.395. The molecule has 1 aliphatic carbocycles. The van der Waals surface area contributed by atoms with Gasteiger partial charge in [-0.15, -0.1) is 6.42 Å². The van der Waals surface area contributed by atoms with E-state index in [1.54, 1.807) is 0 Å². The normalized spacial score (nSPS) is 17.3. The molecule has 0 amide bonds. The van der Waals surface area contributed by atoms with Crippen molar-refractivity contribution in [2.24, 2.45) is 0 Å². The van der Waals surface area contributed by atoms with E-state index in [0.717, 1.165) is 6.42 Å². The molecule has 0 bridgehead atoms. The maximum atomic E-state index is 5.02. The summed E-state index contributed by atoms with van der Waals surface area (Å²) in [4.78, 5) is 0. The topological polar surface area (TPSA) is 0 Å². The van der Waals surface area contributed by atoms with Crippen molar-refractivity contribution >= 4 is 0 Å². The van der Waals surface area contributed by atoms with Crippen LogP contribution < -0.4 is 0 Å². The first-order chi connectivity index (χ1) is 2.84. The van der Waals surface area contributed by atoms with Gasteiger partial charge in [0.05, 0.1) is 0 Å². The highest BCUT2D eigenvalue weighted by Crippen LogP contribution is 2.27. The van der Waals surface area contributed by atoms with Gasteiger partial charge in [0.25, 0.3) is 0 Å². The van der Waals surface area contributed by atoms with Gasteiger partial charge in [0, 0.05) is 12.0 Å². The van der Waals surface area contributed by atoms with Gasteiger partial charge >= 0.3 is 0 Å². The zero-order valence-corrected chi connectivity index (χ0v) is 3.78. The van der Waals surface area contributed by atoms with Gasteiger partial charge in [-0.2, -0.15) is 0 Å². The highest BCUT2D eigenvalue weighted by atomic mass is 14.1. The predicted molar refractivity (Wildman–Crippen MR) is 26.1 cm³/mol. The molecular formula is C6H6. The molecule has 0 saturated heterocycles. The Morgan fingerprint density at radius 3 is 2.33 bits per heavy atom. The molecule has 0 aromatic carbocycles. The number of terminal acetylenes is 1. The summed E-state index contributed by atoms with van der Waals surface area (Å²) in [6, 6.07) is 0. The van der Waals surface area contributed by atoms with Crippen molar-refractivity contribution in [3.05, 3.63) is 11.1 Å². The average molecular weight is 78.1 g/mol. The van der Waals surface area contributed by atoms with Crippen LogP contribution in [-0.4, -0.2) is 0 Å². The van der Waals surface area contributed by atoms with Gasteiger partial charge in [0.1, 0.15) is 0 Å². The van der Waals surface area contributed by atoms with Crippen molar-refractivity contribution in [2.45, 2.75) is 13.3 Å². The lowest BCUT2D eigenvalue weighted by Crippen LogP contribution is -1.38. The molecule has 0 unspecified atom stereocenters. The van der Waals surface area contributed by atoms with E-state index in [1.807, 2.05) is 0 Å². The number of hydrogen-bond acceptors (Lipinski definition) is 0. The van der Waals surface area contributed by atoms with E-state index in [9.17, 15) is 0 Å². The Labute approximate surface area is 37.9 Å². The van der Waals surface area contributed by atoms with E-state index >= 15 is 0 Å². The lowest BCUT2D eigenvalue weighted by molar-refractivity contribution is 1.47. The van der Waals surface area contributed by atoms with Crippen LogP contribution in [0.5, 0.6) is 0 Å². The van der Waals surface area contributed by atoms with Crippen molar-refractivity contribution in [1.29, 1.82) is 0 Å². The molecule has 0 nitrogen and oxygen atoms in total. The lowest BCUT2D eigenvalue weighted by Gasteiger charge is -1.51. The lowest BCUT2D eigenvalue weighted by atomic mass is 10.5. The number of hydrogen-bond donors (Lipinski definition) is 0. The van der Waals surface area contributed by atoms with Crippen LogP contribution in [0.25, 0.3) is 0 Å². The summed E-state index contributed by atoms with van der Waals surface area (Å²) in [6.45, 7) is 2.06. The molecule has 0 N–H and O–H groups in total. The zero-order chi connectivity index (χ0) is 4.57. The number of rotatable bonds is 0. The second-order valence-electron chi connectivity index (χ2n) is 1.58. The van der Waals surface area contributed by atoms with Crippen LogP contribution in [0.15, 0.2) is 11.1 Å². The molecule has 0 heterocycles. The van der Waals surface area contributed by atoms with Crippen LogP contribution in [0, 0.1) is 12.3 Å². The molecule has 30 valence electrons. The first-order valence-electron chi connectivity index (χ1n) is 2.00. The second-order valence-corrected chi connectivity index (χ2v) is 1.58. The summed E-state index contributed by atoms with van der Waals surface area (Å²) in [6.07, 6.45) is 6.11. The first kappa shape index (κ1) is 3.49. The van der Waals surface area contributed by atoms with Crippen molar-refractivity contribution in [3.63, 3.8) is 0 Å². The van der Waals surface area contributed by atoms with Crippen molar-refractivity contribution in [2.75, 3.05) is 0 Å². The van der Waals surface area contributed by atoms with Crippen LogP contribution in [-0.2, 0) is 0 Å². The highest BCUT2D eigenvalue weighted by molar-refractivity contribution is 5.46. The zero-order valence-electron chi connectivity index (χ0n) is 3.78. The third-order valence-electron chi connectivity index (χ3n) is 1.01. The maximum absolute atomic E-state index is 5.02. The van der Waals surface area contributed by atoms with Gasteiger partial charge in [-0.05, 0) is 6.92 Å². The van der Waals surface area contributed by atoms with Crippen molar-refractivity contribution in [3.8, 4) is 12.3 Å². The van der Waals surface area contributed by atoms with E-state index in [0.29, 0.717) is 0 Å². The van der Waals surface area contributed by atoms with Crippen LogP contribution in [0.1, 0.15) is 13.3 Å². The molecule has 0 aromatic heterocycles. The highest BCUT2D eigenvalue weighted by Gasteiger charge is 2.11. The maximum Gasteiger partial charge on any atom is 0.00512 e. The third-order valence-corrected chi connectivity index (χ3v) is 1.01. The predicted octanol–water partition coefficient (Wildman–Crippen LogP) is 1.34. The minimum absolute atomic E-state index is 1.09. The molecule has 0 fully saturated rings. The smallest absolute Gasteiger partial charge is 0.00512 e. The SMILES string of the molecule is C#CC1=C(C)C1. The Bertz CT molecular complexity index is 133. The average Bonchev–Trinajstić information content (AvgIpc) is 2.19. The quantitative estimate of drug-likeness (QED) is 0.383. The molecule has 0 spiro atoms. The second kappa shape index (κ2) is 0.879. The monoisotopic (exact) mass is 78.0 g/mol. The summed E-state index contributed by atoms with van der Waals surface area (Å²) < 4.78 is 0. The molecular weight excluding hydrogens is 72.1 g/mol. The van der Waals surface area contributed by atoms with Gasteiger partial charge < -0.3 is 0 Å². The summed E-state index contributed by atoms with van der Waals surface area (Å²) in [5.74, 6) is 2.57. The summed E-state index contributed by atoms with van der Waals surface area (Å²) in [7, 11) is 0. The first-order valence-corrected chi connectivity index (χ1v) is 2.00. The van der Waals surface area contributed by atoms with Gasteiger partial charge in [-0.1, -0.05) is 11.5 Å². The Balaban J connectivity index is 2.67. The van der Waals surface area contributed by atoms with Crippen LogP contribution in [0.4, 0.5) is 0 Å². The Morgan fingerprint density at radius 1 is 1.83 bits per heavy atom. The minimum atomic E-state index is 1.09. The fraction of sp³-hybridized carbons (Fsp3) is 0.333. The third kappa shape index (κ3) is 0.328. The molecule has 0 radical (unpaired) electrons. The van der Waals surface area contributed by atoms with Crippen molar-refractivity contribution < 1.29 is 0 Å². The minimum Gasteiger partial charge on any atom is -0.115 e. The molecule has 0 atom stereocenters. The Hall–Kier alpha value is -0.700. The Kier molecular flexibility index (Phi) is 0.511. The van der Waals surface area contributed by atoms with Gasteiger partial charge in [-0.25, -0.2) is 0 Å². The molecule has 6 heavy (non-hydrogen) atoms. The summed E-state index contributed by atoms with van der Waals surface area (Å²) in [5.41, 5.74) is 2.59. The molecule has 1 aliphatic rings. The van der Waals surface area contributed by atoms with E-state index < -0.39 is 0 Å². The standard InChI is InChI=1S/C6H6/c1-3-6-4-5(6)2/h1H,4H2,2H3. The van der Waals surface area contributed by atoms with Gasteiger partial charge in [-0.3, -0.25) is 0 Å². The molecule has 0 heteroatoms. The summed E-state index contributed by atoms with van der Waals surface area (Å²) >= 11 is 0. The van der Waals surface area contributed by atoms with Crippen molar-refractivity contribution in [1.82, 2.24) is 0 Å². The summed E-state index contributed by atoms with van der Waals surface area (Å²) in [5, 5.41) is 0. The van der Waals surface area contributed by atoms with Gasteiger partial charge in [0.15, 0.2) is 0 Å². The molecule has 0 saturated carbocycles. The van der Waals surface area contributed by atoms with E-state index in [4.69, 9.17) is 6.42 Å². The largest absolute Gasteiger partial charge is 0.115 e. The molecule has 1 rings (SSSR count). The van der Waals surface area contributed by atoms with E-state index in [-0.39, 0.29) is 0 Å². The van der Waals surface area contributed by atoms with Crippen LogP contribution in [0.2, 0.25) is 0 Å². The van der Waals surface area contributed by atoms with Crippen LogP contribution >= 0.6 is 0 Å². The van der Waals surface area contributed by atoms with Gasteiger partial charge in [0.2, 0.25) is 0 Å². The fourth-order valence-electron chi connectivity index (χ4n) is 0.395. The molecule has 0 aliphatic heterocycles.